The van der Waals surface area contributed by atoms with Crippen molar-refractivity contribution in [1.82, 2.24) is 10.9 Å². The molecule has 0 aliphatic carbocycles. The van der Waals surface area contributed by atoms with E-state index in [0.717, 1.165) is 10.0 Å². The number of hydrazine groups is 1. The van der Waals surface area contributed by atoms with Crippen molar-refractivity contribution >= 4 is 55.3 Å². The van der Waals surface area contributed by atoms with Gasteiger partial charge in [0.1, 0.15) is 11.5 Å². The maximum Gasteiger partial charge on any atom is 0.279 e. The Balaban J connectivity index is 1.81. The number of hydrogen-bond acceptors (Lipinski definition) is 4. The molecule has 0 fully saturated rings. The van der Waals surface area contributed by atoms with Crippen LogP contribution in [-0.2, 0) is 9.59 Å². The molecule has 0 aliphatic heterocycles. The summed E-state index contributed by atoms with van der Waals surface area (Å²) in [6, 6.07) is 10.5. The third-order valence-corrected chi connectivity index (χ3v) is 4.74. The van der Waals surface area contributed by atoms with Crippen LogP contribution in [0.3, 0.4) is 0 Å². The Morgan fingerprint density at radius 3 is 2.56 bits per heavy atom. The van der Waals surface area contributed by atoms with E-state index in [2.05, 4.69) is 42.7 Å². The molecule has 0 radical (unpaired) electrons. The lowest BCUT2D eigenvalue weighted by Gasteiger charge is -2.16. The number of carbonyl (C=O) groups excluding carboxylic acids is 2. The van der Waals surface area contributed by atoms with Crippen molar-refractivity contribution in [2.45, 2.75) is 20.0 Å². The van der Waals surface area contributed by atoms with Crippen molar-refractivity contribution in [2.24, 2.45) is 0 Å². The summed E-state index contributed by atoms with van der Waals surface area (Å²) in [4.78, 5) is 23.9. The van der Waals surface area contributed by atoms with Gasteiger partial charge >= 0.3 is 0 Å². The molecule has 0 bridgehead atoms. The van der Waals surface area contributed by atoms with E-state index in [9.17, 15) is 9.59 Å². The standard InChI is InChI=1S/C18H17Br2ClN2O4/c1-10-7-12(19)8-13(20)17(10)26-9-16(24)22-23-18(25)11(2)27-15-6-4-3-5-14(15)21/h3-8,11H,9H2,1-2H3,(H,22,24)(H,23,25). The Labute approximate surface area is 178 Å². The van der Waals surface area contributed by atoms with E-state index >= 15 is 0 Å². The first-order valence-corrected chi connectivity index (χ1v) is 9.82. The highest BCUT2D eigenvalue weighted by molar-refractivity contribution is 9.11. The average molecular weight is 521 g/mol. The summed E-state index contributed by atoms with van der Waals surface area (Å²) < 4.78 is 12.6. The van der Waals surface area contributed by atoms with E-state index in [-0.39, 0.29) is 6.61 Å². The zero-order valence-corrected chi connectivity index (χ0v) is 18.4. The van der Waals surface area contributed by atoms with Crippen LogP contribution >= 0.6 is 43.5 Å². The highest BCUT2D eigenvalue weighted by atomic mass is 79.9. The van der Waals surface area contributed by atoms with Crippen molar-refractivity contribution < 1.29 is 19.1 Å². The molecule has 0 aromatic heterocycles. The van der Waals surface area contributed by atoms with E-state index < -0.39 is 17.9 Å². The van der Waals surface area contributed by atoms with Gasteiger partial charge in [-0.25, -0.2) is 0 Å². The molecule has 0 heterocycles. The number of ether oxygens (including phenoxy) is 2. The van der Waals surface area contributed by atoms with Gasteiger partial charge in [0.25, 0.3) is 11.8 Å². The molecule has 27 heavy (non-hydrogen) atoms. The second-order valence-corrected chi connectivity index (χ2v) is 7.73. The van der Waals surface area contributed by atoms with Crippen molar-refractivity contribution in [1.29, 1.82) is 0 Å². The fraction of sp³-hybridized carbons (Fsp3) is 0.222. The quantitative estimate of drug-likeness (QED) is 0.561. The van der Waals surface area contributed by atoms with Crippen LogP contribution < -0.4 is 20.3 Å². The summed E-state index contributed by atoms with van der Waals surface area (Å²) in [6.07, 6.45) is -0.853. The van der Waals surface area contributed by atoms with E-state index in [0.29, 0.717) is 21.0 Å². The molecule has 0 spiro atoms. The predicted octanol–water partition coefficient (Wildman–Crippen LogP) is 4.17. The number of carbonyl (C=O) groups is 2. The number of aryl methyl sites for hydroxylation is 1. The second kappa shape index (κ2) is 9.96. The lowest BCUT2D eigenvalue weighted by molar-refractivity contribution is -0.133. The maximum atomic E-state index is 12.0. The number of halogens is 3. The van der Waals surface area contributed by atoms with Gasteiger partial charge in [0, 0.05) is 4.47 Å². The number of rotatable bonds is 6. The molecule has 2 aromatic rings. The van der Waals surface area contributed by atoms with Gasteiger partial charge < -0.3 is 9.47 Å². The first kappa shape index (κ1) is 21.5. The van der Waals surface area contributed by atoms with Gasteiger partial charge in [0.15, 0.2) is 12.7 Å². The molecule has 1 unspecified atom stereocenters. The number of para-hydroxylation sites is 1. The summed E-state index contributed by atoms with van der Waals surface area (Å²) in [5, 5.41) is 0.394. The molecule has 0 saturated carbocycles. The van der Waals surface area contributed by atoms with Gasteiger partial charge in [-0.1, -0.05) is 39.7 Å². The van der Waals surface area contributed by atoms with Crippen molar-refractivity contribution in [3.05, 3.63) is 55.9 Å². The highest BCUT2D eigenvalue weighted by Gasteiger charge is 2.17. The van der Waals surface area contributed by atoms with Crippen LogP contribution in [0, 0.1) is 6.92 Å². The topological polar surface area (TPSA) is 76.7 Å². The largest absolute Gasteiger partial charge is 0.482 e. The Bertz CT molecular complexity index is 825. The monoisotopic (exact) mass is 518 g/mol. The van der Waals surface area contributed by atoms with Crippen LogP contribution in [0.4, 0.5) is 0 Å². The minimum absolute atomic E-state index is 0.263. The average Bonchev–Trinajstić information content (AvgIpc) is 2.60. The Kier molecular flexibility index (Phi) is 7.94. The zero-order chi connectivity index (χ0) is 20.0. The molecular weight excluding hydrogens is 503 g/mol. The molecule has 0 aliphatic rings. The third-order valence-electron chi connectivity index (χ3n) is 3.38. The Morgan fingerprint density at radius 2 is 1.89 bits per heavy atom. The predicted molar refractivity (Wildman–Crippen MR) is 110 cm³/mol. The van der Waals surface area contributed by atoms with E-state index in [1.807, 2.05) is 19.1 Å². The van der Waals surface area contributed by atoms with Crippen LogP contribution in [-0.4, -0.2) is 24.5 Å². The first-order chi connectivity index (χ1) is 12.8. The molecule has 2 aromatic carbocycles. The summed E-state index contributed by atoms with van der Waals surface area (Å²) >= 11 is 12.7. The Hall–Kier alpha value is -1.77. The maximum absolute atomic E-state index is 12.0. The minimum Gasteiger partial charge on any atom is -0.482 e. The molecule has 2 amide bonds. The molecular formula is C18H17Br2ClN2O4. The zero-order valence-electron chi connectivity index (χ0n) is 14.5. The SMILES string of the molecule is Cc1cc(Br)cc(Br)c1OCC(=O)NNC(=O)C(C)Oc1ccccc1Cl. The Morgan fingerprint density at radius 1 is 1.19 bits per heavy atom. The van der Waals surface area contributed by atoms with Gasteiger partial charge in [0.2, 0.25) is 0 Å². The molecule has 2 N–H and O–H groups in total. The summed E-state index contributed by atoms with van der Waals surface area (Å²) in [7, 11) is 0. The van der Waals surface area contributed by atoms with E-state index in [1.54, 1.807) is 31.2 Å². The van der Waals surface area contributed by atoms with Gasteiger partial charge in [-0.15, -0.1) is 0 Å². The number of nitrogens with one attached hydrogen (secondary N) is 2. The van der Waals surface area contributed by atoms with Crippen LogP contribution in [0.2, 0.25) is 5.02 Å². The van der Waals surface area contributed by atoms with Crippen molar-refractivity contribution in [3.8, 4) is 11.5 Å². The summed E-state index contributed by atoms with van der Waals surface area (Å²) in [5.41, 5.74) is 5.43. The van der Waals surface area contributed by atoms with Crippen molar-refractivity contribution in [3.63, 3.8) is 0 Å². The third kappa shape index (κ3) is 6.41. The normalized spacial score (nSPS) is 11.4. The lowest BCUT2D eigenvalue weighted by atomic mass is 10.2. The van der Waals surface area contributed by atoms with Crippen LogP contribution in [0.25, 0.3) is 0 Å². The van der Waals surface area contributed by atoms with Gasteiger partial charge in [0.05, 0.1) is 9.50 Å². The smallest absolute Gasteiger partial charge is 0.279 e. The number of hydrogen-bond donors (Lipinski definition) is 2. The lowest BCUT2D eigenvalue weighted by Crippen LogP contribution is -2.48. The van der Waals surface area contributed by atoms with E-state index in [4.69, 9.17) is 21.1 Å². The van der Waals surface area contributed by atoms with Crippen LogP contribution in [0.5, 0.6) is 11.5 Å². The fourth-order valence-corrected chi connectivity index (χ4v) is 3.80. The number of benzene rings is 2. The highest BCUT2D eigenvalue weighted by Crippen LogP contribution is 2.32. The molecule has 144 valence electrons. The fourth-order valence-electron chi connectivity index (χ4n) is 2.06. The minimum atomic E-state index is -0.853. The van der Waals surface area contributed by atoms with Crippen LogP contribution in [0.15, 0.2) is 45.3 Å². The number of amides is 2. The van der Waals surface area contributed by atoms with E-state index in [1.165, 1.54) is 0 Å². The van der Waals surface area contributed by atoms with Gasteiger partial charge in [-0.2, -0.15) is 0 Å². The molecule has 1 atom stereocenters. The van der Waals surface area contributed by atoms with Gasteiger partial charge in [-0.05, 0) is 59.6 Å². The molecule has 2 rings (SSSR count). The first-order valence-electron chi connectivity index (χ1n) is 7.86. The summed E-state index contributed by atoms with van der Waals surface area (Å²) in [5.74, 6) is -0.103. The molecule has 0 saturated heterocycles. The molecule has 9 heteroatoms. The second-order valence-electron chi connectivity index (χ2n) is 5.55. The van der Waals surface area contributed by atoms with Crippen LogP contribution in [0.1, 0.15) is 12.5 Å². The summed E-state index contributed by atoms with van der Waals surface area (Å²) in [6.45, 7) is 3.14. The molecule has 6 nitrogen and oxygen atoms in total. The van der Waals surface area contributed by atoms with Gasteiger partial charge in [-0.3, -0.25) is 20.4 Å². The van der Waals surface area contributed by atoms with Crippen molar-refractivity contribution in [2.75, 3.05) is 6.61 Å².